The molecule has 4 heterocycles. The molecule has 1 fully saturated rings. The van der Waals surface area contributed by atoms with Gasteiger partial charge in [-0.1, -0.05) is 6.07 Å². The van der Waals surface area contributed by atoms with Crippen molar-refractivity contribution in [3.05, 3.63) is 35.9 Å². The van der Waals surface area contributed by atoms with E-state index in [0.717, 1.165) is 24.1 Å². The van der Waals surface area contributed by atoms with Gasteiger partial charge in [0.2, 0.25) is 11.9 Å². The molecule has 0 saturated carbocycles. The Morgan fingerprint density at radius 3 is 2.93 bits per heavy atom. The van der Waals surface area contributed by atoms with Crippen molar-refractivity contribution in [3.8, 4) is 11.4 Å². The molecule has 3 aromatic heterocycles. The second-order valence-electron chi connectivity index (χ2n) is 7.49. The van der Waals surface area contributed by atoms with E-state index in [4.69, 9.17) is 0 Å². The summed E-state index contributed by atoms with van der Waals surface area (Å²) in [5.74, 6) is 0.197. The van der Waals surface area contributed by atoms with Crippen molar-refractivity contribution in [2.75, 3.05) is 11.9 Å². The van der Waals surface area contributed by atoms with Gasteiger partial charge in [0.05, 0.1) is 11.8 Å². The van der Waals surface area contributed by atoms with Gasteiger partial charge < -0.3 is 10.6 Å². The van der Waals surface area contributed by atoms with Crippen LogP contribution in [-0.2, 0) is 11.8 Å². The number of nitrogens with zero attached hydrogens (tertiary/aromatic N) is 6. The van der Waals surface area contributed by atoms with Crippen molar-refractivity contribution in [1.29, 1.82) is 0 Å². The summed E-state index contributed by atoms with van der Waals surface area (Å²) in [6.07, 6.45) is 4.19. The Kier molecular flexibility index (Phi) is 4.34. The predicted molar refractivity (Wildman–Crippen MR) is 109 cm³/mol. The van der Waals surface area contributed by atoms with Crippen LogP contribution in [0.1, 0.15) is 25.0 Å². The normalized spacial score (nSPS) is 17.3. The van der Waals surface area contributed by atoms with Crippen LogP contribution in [0.25, 0.3) is 27.9 Å². The van der Waals surface area contributed by atoms with Crippen LogP contribution in [0.4, 0.5) is 10.3 Å². The highest BCUT2D eigenvalue weighted by molar-refractivity contribution is 5.93. The standard InChI is InChI=1S/C20H21FN8O/c1-11-13(10-23-28(11)2)17-26-18-12-6-5-7-14(21)16(12)25-20(29(18)27-17)24-15-8-3-4-9-22-19(15)30/h5-7,10,15H,3-4,8-9H2,1-2H3,(H,22,30)(H,24,25)/t15-/m1/s1. The van der Waals surface area contributed by atoms with Gasteiger partial charge in [0.25, 0.3) is 0 Å². The second-order valence-corrected chi connectivity index (χ2v) is 7.49. The summed E-state index contributed by atoms with van der Waals surface area (Å²) in [6.45, 7) is 2.58. The monoisotopic (exact) mass is 408 g/mol. The van der Waals surface area contributed by atoms with Gasteiger partial charge in [0, 0.05) is 24.7 Å². The Labute approximate surface area is 171 Å². The van der Waals surface area contributed by atoms with E-state index in [0.29, 0.717) is 29.8 Å². The molecule has 1 aromatic carbocycles. The number of aromatic nitrogens is 6. The zero-order valence-corrected chi connectivity index (χ0v) is 16.7. The minimum absolute atomic E-state index is 0.0977. The number of carbonyl (C=O) groups is 1. The van der Waals surface area contributed by atoms with Crippen LogP contribution >= 0.6 is 0 Å². The molecule has 1 saturated heterocycles. The number of nitrogens with one attached hydrogen (secondary N) is 2. The van der Waals surface area contributed by atoms with E-state index in [1.54, 1.807) is 27.5 Å². The SMILES string of the molecule is Cc1c(-c2nc3c4cccc(F)c4nc(N[C@@H]4CCCCNC4=O)n3n2)cnn1C. The lowest BCUT2D eigenvalue weighted by Gasteiger charge is -2.16. The first-order valence-corrected chi connectivity index (χ1v) is 9.91. The van der Waals surface area contributed by atoms with E-state index in [-0.39, 0.29) is 17.4 Å². The van der Waals surface area contributed by atoms with Crippen LogP contribution in [-0.4, -0.2) is 47.9 Å². The number of carbonyl (C=O) groups excluding carboxylic acids is 1. The molecule has 0 radical (unpaired) electrons. The molecular weight excluding hydrogens is 387 g/mol. The van der Waals surface area contributed by atoms with Crippen molar-refractivity contribution in [2.45, 2.75) is 32.2 Å². The molecule has 10 heteroatoms. The lowest BCUT2D eigenvalue weighted by molar-refractivity contribution is -0.121. The minimum atomic E-state index is -0.472. The second kappa shape index (κ2) is 7.05. The predicted octanol–water partition coefficient (Wildman–Crippen LogP) is 2.21. The number of fused-ring (bicyclic) bond motifs is 3. The van der Waals surface area contributed by atoms with E-state index < -0.39 is 11.9 Å². The first-order valence-electron chi connectivity index (χ1n) is 9.91. The van der Waals surface area contributed by atoms with Crippen molar-refractivity contribution < 1.29 is 9.18 Å². The smallest absolute Gasteiger partial charge is 0.242 e. The Bertz CT molecular complexity index is 1280. The summed E-state index contributed by atoms with van der Waals surface area (Å²) in [7, 11) is 1.85. The summed E-state index contributed by atoms with van der Waals surface area (Å²) in [5.41, 5.74) is 2.34. The van der Waals surface area contributed by atoms with Gasteiger partial charge in [-0.3, -0.25) is 9.48 Å². The molecule has 0 aliphatic carbocycles. The van der Waals surface area contributed by atoms with Crippen LogP contribution < -0.4 is 10.6 Å². The quantitative estimate of drug-likeness (QED) is 0.539. The average Bonchev–Trinajstić information content (AvgIpc) is 3.25. The first-order chi connectivity index (χ1) is 14.5. The number of hydrogen-bond donors (Lipinski definition) is 2. The molecule has 4 aromatic rings. The summed E-state index contributed by atoms with van der Waals surface area (Å²) < 4.78 is 17.9. The van der Waals surface area contributed by atoms with Gasteiger partial charge in [-0.15, -0.1) is 5.10 Å². The van der Waals surface area contributed by atoms with E-state index >= 15 is 0 Å². The highest BCUT2D eigenvalue weighted by Crippen LogP contribution is 2.27. The maximum atomic E-state index is 14.6. The Morgan fingerprint density at radius 2 is 2.13 bits per heavy atom. The molecule has 1 aliphatic rings. The summed E-state index contributed by atoms with van der Waals surface area (Å²) >= 11 is 0. The number of benzene rings is 1. The molecule has 1 amide bonds. The lowest BCUT2D eigenvalue weighted by Crippen LogP contribution is -2.38. The number of anilines is 1. The van der Waals surface area contributed by atoms with Crippen molar-refractivity contribution >= 4 is 28.4 Å². The summed E-state index contributed by atoms with van der Waals surface area (Å²) in [6, 6.07) is 4.27. The molecule has 154 valence electrons. The maximum absolute atomic E-state index is 14.6. The molecule has 30 heavy (non-hydrogen) atoms. The van der Waals surface area contributed by atoms with Crippen LogP contribution in [0, 0.1) is 12.7 Å². The maximum Gasteiger partial charge on any atom is 0.242 e. The number of amides is 1. The van der Waals surface area contributed by atoms with E-state index in [1.807, 2.05) is 14.0 Å². The fourth-order valence-electron chi connectivity index (χ4n) is 3.76. The minimum Gasteiger partial charge on any atom is -0.354 e. The van der Waals surface area contributed by atoms with Crippen molar-refractivity contribution in [3.63, 3.8) is 0 Å². The largest absolute Gasteiger partial charge is 0.354 e. The Balaban J connectivity index is 1.71. The van der Waals surface area contributed by atoms with E-state index in [2.05, 4.69) is 30.8 Å². The molecular formula is C20H21FN8O. The van der Waals surface area contributed by atoms with Gasteiger partial charge in [0.1, 0.15) is 17.4 Å². The third-order valence-electron chi connectivity index (χ3n) is 5.57. The van der Waals surface area contributed by atoms with Crippen LogP contribution in [0.3, 0.4) is 0 Å². The van der Waals surface area contributed by atoms with Gasteiger partial charge in [0.15, 0.2) is 11.5 Å². The number of para-hydroxylation sites is 1. The molecule has 9 nitrogen and oxygen atoms in total. The molecule has 0 unspecified atom stereocenters. The molecule has 2 N–H and O–H groups in total. The lowest BCUT2D eigenvalue weighted by atomic mass is 10.1. The van der Waals surface area contributed by atoms with Crippen LogP contribution in [0.5, 0.6) is 0 Å². The fourth-order valence-corrected chi connectivity index (χ4v) is 3.76. The number of hydrogen-bond acceptors (Lipinski definition) is 6. The van der Waals surface area contributed by atoms with E-state index in [9.17, 15) is 9.18 Å². The number of aryl methyl sites for hydroxylation is 1. The first kappa shape index (κ1) is 18.5. The number of rotatable bonds is 3. The van der Waals surface area contributed by atoms with Crippen molar-refractivity contribution in [2.24, 2.45) is 7.05 Å². The summed E-state index contributed by atoms with van der Waals surface area (Å²) in [5, 5.41) is 15.5. The van der Waals surface area contributed by atoms with Crippen molar-refractivity contribution in [1.82, 2.24) is 34.7 Å². The van der Waals surface area contributed by atoms with Gasteiger partial charge in [-0.2, -0.15) is 9.61 Å². The van der Waals surface area contributed by atoms with Crippen LogP contribution in [0.2, 0.25) is 0 Å². The van der Waals surface area contributed by atoms with Crippen LogP contribution in [0.15, 0.2) is 24.4 Å². The van der Waals surface area contributed by atoms with E-state index in [1.165, 1.54) is 6.07 Å². The van der Waals surface area contributed by atoms with Gasteiger partial charge in [-0.05, 0) is 38.3 Å². The van der Waals surface area contributed by atoms with Gasteiger partial charge in [-0.25, -0.2) is 14.4 Å². The number of halogens is 1. The third-order valence-corrected chi connectivity index (χ3v) is 5.57. The Morgan fingerprint density at radius 1 is 1.27 bits per heavy atom. The molecule has 1 atom stereocenters. The summed E-state index contributed by atoms with van der Waals surface area (Å²) in [4.78, 5) is 21.6. The average molecular weight is 408 g/mol. The molecule has 5 rings (SSSR count). The fraction of sp³-hybridized carbons (Fsp3) is 0.350. The topological polar surface area (TPSA) is 102 Å². The molecule has 0 spiro atoms. The third kappa shape index (κ3) is 2.95. The molecule has 0 bridgehead atoms. The zero-order valence-electron chi connectivity index (χ0n) is 16.7. The van der Waals surface area contributed by atoms with Gasteiger partial charge >= 0.3 is 0 Å². The Hall–Kier alpha value is -3.56. The molecule has 1 aliphatic heterocycles. The highest BCUT2D eigenvalue weighted by atomic mass is 19.1. The zero-order chi connectivity index (χ0) is 20.8. The highest BCUT2D eigenvalue weighted by Gasteiger charge is 2.24.